The van der Waals surface area contributed by atoms with Crippen molar-refractivity contribution in [3.05, 3.63) is 6.54 Å². The summed E-state index contributed by atoms with van der Waals surface area (Å²) in [4.78, 5) is 0. The molecule has 2 nitrogen and oxygen atoms in total. The molecule has 31 valence electrons. The minimum absolute atomic E-state index is 0.463. The Balaban J connectivity index is 2.54. The second kappa shape index (κ2) is 2.18. The summed E-state index contributed by atoms with van der Waals surface area (Å²) < 4.78 is 0. The quantitative estimate of drug-likeness (QED) is 0.440. The van der Waals surface area contributed by atoms with Crippen LogP contribution in [-0.2, 0) is 0 Å². The molecule has 3 N–H and O–H groups in total. The van der Waals surface area contributed by atoms with Crippen LogP contribution >= 0.6 is 0 Å². The van der Waals surface area contributed by atoms with E-state index in [2.05, 4.69) is 0 Å². The van der Waals surface area contributed by atoms with Crippen LogP contribution in [0.1, 0.15) is 6.92 Å². The van der Waals surface area contributed by atoms with Gasteiger partial charge in [-0.2, -0.15) is 0 Å². The molecule has 1 radical (unpaired) electrons. The fourth-order valence-electron chi connectivity index (χ4n) is 0. The van der Waals surface area contributed by atoms with Crippen LogP contribution in [0.4, 0.5) is 0 Å². The maximum Gasteiger partial charge on any atom is 0.0679 e. The summed E-state index contributed by atoms with van der Waals surface area (Å²) in [5.41, 5.74) is 4.80. The molecule has 5 heavy (non-hydrogen) atoms. The molecule has 1 atom stereocenters. The second-order valence-electron chi connectivity index (χ2n) is 0.933. The van der Waals surface area contributed by atoms with Crippen LogP contribution in [0.5, 0.6) is 0 Å². The van der Waals surface area contributed by atoms with E-state index in [1.54, 1.807) is 6.92 Å². The van der Waals surface area contributed by atoms with E-state index in [9.17, 15) is 0 Å². The third-order valence-corrected chi connectivity index (χ3v) is 0.279. The van der Waals surface area contributed by atoms with Crippen LogP contribution in [0.3, 0.4) is 0 Å². The molecule has 2 heteroatoms. The Hall–Kier alpha value is -0.0800. The lowest BCUT2D eigenvalue weighted by molar-refractivity contribution is 0.226. The molecule has 0 rings (SSSR count). The van der Waals surface area contributed by atoms with Gasteiger partial charge in [0, 0.05) is 6.54 Å². The number of nitrogens with two attached hydrogens (primary N) is 1. The van der Waals surface area contributed by atoms with Crippen LogP contribution in [0.15, 0.2) is 0 Å². The molecule has 0 heterocycles. The molecule has 0 saturated carbocycles. The van der Waals surface area contributed by atoms with Crippen molar-refractivity contribution in [2.24, 2.45) is 5.73 Å². The van der Waals surface area contributed by atoms with Crippen molar-refractivity contribution in [3.8, 4) is 0 Å². The van der Waals surface area contributed by atoms with Gasteiger partial charge < -0.3 is 10.8 Å². The molecular formula is C3H8NO. The zero-order valence-corrected chi connectivity index (χ0v) is 3.18. The fourth-order valence-corrected chi connectivity index (χ4v) is 0. The van der Waals surface area contributed by atoms with Crippen LogP contribution in [0.2, 0.25) is 0 Å². The molecule has 0 aromatic rings. The highest BCUT2D eigenvalue weighted by atomic mass is 16.3. The standard InChI is InChI=1S/C3H8NO/c1-3(5)2-4/h2-3,5H,4H2,1H3/t3-/m0/s1. The first-order valence-electron chi connectivity index (χ1n) is 1.50. The van der Waals surface area contributed by atoms with Crippen LogP contribution in [0.25, 0.3) is 0 Å². The van der Waals surface area contributed by atoms with E-state index in [1.807, 2.05) is 0 Å². The minimum atomic E-state index is -0.463. The molecule has 0 aliphatic heterocycles. The summed E-state index contributed by atoms with van der Waals surface area (Å²) >= 11 is 0. The lowest BCUT2D eigenvalue weighted by atomic mass is 10.4. The van der Waals surface area contributed by atoms with Gasteiger partial charge in [-0.25, -0.2) is 0 Å². The monoisotopic (exact) mass is 74.1 g/mol. The largest absolute Gasteiger partial charge is 0.392 e. The first kappa shape index (κ1) is 4.92. The van der Waals surface area contributed by atoms with Crippen LogP contribution in [-0.4, -0.2) is 11.2 Å². The minimum Gasteiger partial charge on any atom is -0.392 e. The maximum atomic E-state index is 8.18. The summed E-state index contributed by atoms with van der Waals surface area (Å²) in [6.07, 6.45) is -0.463. The Morgan fingerprint density at radius 1 is 2.00 bits per heavy atom. The van der Waals surface area contributed by atoms with E-state index < -0.39 is 6.10 Å². The predicted molar refractivity (Wildman–Crippen MR) is 20.2 cm³/mol. The summed E-state index contributed by atoms with van der Waals surface area (Å²) in [5.74, 6) is 0. The van der Waals surface area contributed by atoms with Gasteiger partial charge in [0.2, 0.25) is 0 Å². The Kier molecular flexibility index (Phi) is 2.14. The van der Waals surface area contributed by atoms with Crippen LogP contribution < -0.4 is 5.73 Å². The third-order valence-electron chi connectivity index (χ3n) is 0.279. The van der Waals surface area contributed by atoms with Crippen molar-refractivity contribution in [1.82, 2.24) is 0 Å². The fraction of sp³-hybridized carbons (Fsp3) is 0.667. The summed E-state index contributed by atoms with van der Waals surface area (Å²) in [6, 6.07) is 0. The van der Waals surface area contributed by atoms with Crippen molar-refractivity contribution >= 4 is 0 Å². The van der Waals surface area contributed by atoms with Gasteiger partial charge in [-0.15, -0.1) is 0 Å². The van der Waals surface area contributed by atoms with E-state index in [-0.39, 0.29) is 0 Å². The smallest absolute Gasteiger partial charge is 0.0679 e. The maximum absolute atomic E-state index is 8.18. The van der Waals surface area contributed by atoms with Gasteiger partial charge in [-0.05, 0) is 6.92 Å². The Morgan fingerprint density at radius 2 is 2.20 bits per heavy atom. The van der Waals surface area contributed by atoms with E-state index >= 15 is 0 Å². The Labute approximate surface area is 31.6 Å². The van der Waals surface area contributed by atoms with E-state index in [0.29, 0.717) is 0 Å². The van der Waals surface area contributed by atoms with Gasteiger partial charge in [-0.3, -0.25) is 0 Å². The van der Waals surface area contributed by atoms with Gasteiger partial charge in [-0.1, -0.05) is 0 Å². The van der Waals surface area contributed by atoms with Crippen molar-refractivity contribution in [2.75, 3.05) is 0 Å². The average Bonchev–Trinajstić information content (AvgIpc) is 1.38. The molecule has 0 aromatic heterocycles. The molecule has 0 amide bonds. The van der Waals surface area contributed by atoms with Crippen molar-refractivity contribution in [3.63, 3.8) is 0 Å². The SMILES string of the molecule is C[C@H](O)[CH]N. The number of hydrogen-bond acceptors (Lipinski definition) is 2. The first-order chi connectivity index (χ1) is 2.27. The van der Waals surface area contributed by atoms with E-state index in [0.717, 1.165) is 0 Å². The van der Waals surface area contributed by atoms with Gasteiger partial charge in [0.1, 0.15) is 0 Å². The third kappa shape index (κ3) is 3.92. The van der Waals surface area contributed by atoms with Crippen molar-refractivity contribution < 1.29 is 5.11 Å². The van der Waals surface area contributed by atoms with Gasteiger partial charge in [0.25, 0.3) is 0 Å². The van der Waals surface area contributed by atoms with Gasteiger partial charge in [0.15, 0.2) is 0 Å². The molecule has 0 bridgehead atoms. The first-order valence-corrected chi connectivity index (χ1v) is 1.50. The zero-order chi connectivity index (χ0) is 4.28. The highest BCUT2D eigenvalue weighted by molar-refractivity contribution is 4.58. The molecule has 0 aliphatic carbocycles. The molecule has 0 aliphatic rings. The highest BCUT2D eigenvalue weighted by Crippen LogP contribution is 1.72. The normalized spacial score (nSPS) is 15.0. The summed E-state index contributed by atoms with van der Waals surface area (Å²) in [6.45, 7) is 2.82. The van der Waals surface area contributed by atoms with E-state index in [1.165, 1.54) is 6.54 Å². The topological polar surface area (TPSA) is 46.2 Å². The zero-order valence-electron chi connectivity index (χ0n) is 3.18. The Morgan fingerprint density at radius 3 is 2.20 bits per heavy atom. The Bertz CT molecular complexity index is 20.9. The number of rotatable bonds is 1. The van der Waals surface area contributed by atoms with Gasteiger partial charge >= 0.3 is 0 Å². The van der Waals surface area contributed by atoms with E-state index in [4.69, 9.17) is 10.8 Å². The number of hydrogen-bond donors (Lipinski definition) is 2. The summed E-state index contributed by atoms with van der Waals surface area (Å²) in [5, 5.41) is 8.18. The lowest BCUT2D eigenvalue weighted by Gasteiger charge is -1.90. The van der Waals surface area contributed by atoms with Crippen molar-refractivity contribution in [1.29, 1.82) is 0 Å². The molecular weight excluding hydrogens is 66.0 g/mol. The van der Waals surface area contributed by atoms with Crippen LogP contribution in [0, 0.1) is 6.54 Å². The molecule has 0 fully saturated rings. The predicted octanol–water partition coefficient (Wildman–Crippen LogP) is -0.512. The number of aliphatic hydroxyl groups excluding tert-OH is 1. The molecule has 0 aromatic carbocycles. The molecule has 0 spiro atoms. The summed E-state index contributed by atoms with van der Waals surface area (Å²) in [7, 11) is 0. The van der Waals surface area contributed by atoms with Crippen molar-refractivity contribution in [2.45, 2.75) is 13.0 Å². The highest BCUT2D eigenvalue weighted by Gasteiger charge is 1.82. The molecule has 0 saturated heterocycles. The second-order valence-corrected chi connectivity index (χ2v) is 0.933. The average molecular weight is 74.1 g/mol. The molecule has 0 unspecified atom stereocenters. The van der Waals surface area contributed by atoms with Gasteiger partial charge in [0.05, 0.1) is 6.10 Å². The number of aliphatic hydroxyl groups is 1. The lowest BCUT2D eigenvalue weighted by Crippen LogP contribution is -2.06.